The van der Waals surface area contributed by atoms with E-state index in [1.54, 1.807) is 24.3 Å². The number of phosphoric ester groups is 1. The summed E-state index contributed by atoms with van der Waals surface area (Å²) < 4.78 is 75.0. The second kappa shape index (κ2) is 11.7. The van der Waals surface area contributed by atoms with Crippen LogP contribution in [0.4, 0.5) is 17.6 Å². The molecule has 0 saturated heterocycles. The van der Waals surface area contributed by atoms with Crippen LogP contribution in [0.25, 0.3) is 0 Å². The predicted molar refractivity (Wildman–Crippen MR) is 113 cm³/mol. The lowest BCUT2D eigenvalue weighted by Crippen LogP contribution is -2.48. The van der Waals surface area contributed by atoms with Crippen LogP contribution in [0, 0.1) is 5.82 Å². The lowest BCUT2D eigenvalue weighted by atomic mass is 9.89. The molecule has 186 valence electrons. The van der Waals surface area contributed by atoms with E-state index in [0.29, 0.717) is 24.0 Å². The van der Waals surface area contributed by atoms with Crippen molar-refractivity contribution >= 4 is 7.82 Å². The highest BCUT2D eigenvalue weighted by Crippen LogP contribution is 2.38. The molecule has 0 spiro atoms. The third-order valence-electron chi connectivity index (χ3n) is 5.22. The summed E-state index contributed by atoms with van der Waals surface area (Å²) in [5.41, 5.74) is 4.26. The molecule has 5 N–H and O–H groups in total. The van der Waals surface area contributed by atoms with E-state index in [4.69, 9.17) is 20.3 Å². The summed E-state index contributed by atoms with van der Waals surface area (Å²) >= 11 is 0. The van der Waals surface area contributed by atoms with E-state index < -0.39 is 44.4 Å². The van der Waals surface area contributed by atoms with Crippen LogP contribution in [0.15, 0.2) is 47.6 Å². The number of aryl methyl sites for hydroxylation is 1. The van der Waals surface area contributed by atoms with E-state index in [0.717, 1.165) is 6.08 Å². The first-order valence-electron chi connectivity index (χ1n) is 10.3. The molecule has 2 rings (SSSR count). The quantitative estimate of drug-likeness (QED) is 0.198. The number of phosphoric acid groups is 1. The van der Waals surface area contributed by atoms with Crippen molar-refractivity contribution in [2.75, 3.05) is 19.8 Å². The van der Waals surface area contributed by atoms with Crippen LogP contribution in [0.1, 0.15) is 31.2 Å². The van der Waals surface area contributed by atoms with Gasteiger partial charge in [0.15, 0.2) is 0 Å². The zero-order valence-electron chi connectivity index (χ0n) is 17.8. The second-order valence-electron chi connectivity index (χ2n) is 7.95. The number of aliphatic hydroxyl groups is 1. The summed E-state index contributed by atoms with van der Waals surface area (Å²) in [5, 5.41) is 9.44. The monoisotopic (exact) mass is 497 g/mol. The van der Waals surface area contributed by atoms with Crippen LogP contribution in [0.2, 0.25) is 0 Å². The molecule has 1 aromatic carbocycles. The first kappa shape index (κ1) is 27.7. The van der Waals surface area contributed by atoms with Gasteiger partial charge < -0.3 is 25.4 Å². The van der Waals surface area contributed by atoms with Crippen LogP contribution in [0.5, 0.6) is 0 Å². The molecule has 0 aliphatic heterocycles. The van der Waals surface area contributed by atoms with Gasteiger partial charge in [-0.25, -0.2) is 8.96 Å². The number of aliphatic hydroxyl groups excluding tert-OH is 1. The highest BCUT2D eigenvalue weighted by Gasteiger charge is 2.40. The first-order valence-corrected chi connectivity index (χ1v) is 11.8. The summed E-state index contributed by atoms with van der Waals surface area (Å²) in [7, 11) is -4.81. The van der Waals surface area contributed by atoms with Crippen LogP contribution in [-0.4, -0.2) is 52.5 Å². The molecule has 1 aromatic rings. The maximum Gasteiger partial charge on any atom is 0.469 e. The van der Waals surface area contributed by atoms with Gasteiger partial charge in [-0.1, -0.05) is 29.8 Å². The Morgan fingerprint density at radius 1 is 1.18 bits per heavy atom. The first-order chi connectivity index (χ1) is 15.3. The van der Waals surface area contributed by atoms with Gasteiger partial charge in [-0.05, 0) is 49.8 Å². The third kappa shape index (κ3) is 9.29. The molecule has 1 aliphatic rings. The van der Waals surface area contributed by atoms with Crippen molar-refractivity contribution in [3.8, 4) is 0 Å². The molecule has 0 bridgehead atoms. The molecule has 7 nitrogen and oxygen atoms in total. The van der Waals surface area contributed by atoms with E-state index in [9.17, 15) is 27.2 Å². The third-order valence-corrected chi connectivity index (χ3v) is 5.69. The lowest BCUT2D eigenvalue weighted by molar-refractivity contribution is -0.111. The maximum absolute atomic E-state index is 13.6. The van der Waals surface area contributed by atoms with Gasteiger partial charge in [-0.2, -0.15) is 13.2 Å². The number of ether oxygens (including phenoxy) is 1. The number of hydrogen-bond donors (Lipinski definition) is 4. The van der Waals surface area contributed by atoms with Crippen LogP contribution in [-0.2, 0) is 20.2 Å². The molecule has 0 saturated carbocycles. The molecular weight excluding hydrogens is 469 g/mol. The summed E-state index contributed by atoms with van der Waals surface area (Å²) in [6.45, 7) is -1.32. The maximum atomic E-state index is 13.6. The molecule has 12 heteroatoms. The van der Waals surface area contributed by atoms with Gasteiger partial charge in [0.05, 0.1) is 30.4 Å². The predicted octanol–water partition coefficient (Wildman–Crippen LogP) is 3.54. The minimum atomic E-state index is -4.81. The lowest BCUT2D eigenvalue weighted by Gasteiger charge is -2.29. The number of alkyl halides is 3. The van der Waals surface area contributed by atoms with Crippen molar-refractivity contribution < 1.29 is 46.3 Å². The van der Waals surface area contributed by atoms with Gasteiger partial charge in [0.2, 0.25) is 0 Å². The van der Waals surface area contributed by atoms with E-state index in [2.05, 4.69) is 4.52 Å². The van der Waals surface area contributed by atoms with Gasteiger partial charge >= 0.3 is 14.0 Å². The number of rotatable bonds is 12. The highest BCUT2D eigenvalue weighted by molar-refractivity contribution is 7.46. The molecule has 0 amide bonds. The summed E-state index contributed by atoms with van der Waals surface area (Å²) in [4.78, 5) is 17.6. The number of nitrogens with two attached hydrogens (primary N) is 1. The SMILES string of the molecule is NC(CO)(CCC1=CCC(OCCCc2ccccc2F)C(C(F)(F)F)=C1)COP(=O)(O)O. The van der Waals surface area contributed by atoms with Gasteiger partial charge in [0.25, 0.3) is 0 Å². The molecule has 2 atom stereocenters. The number of allylic oxidation sites excluding steroid dienone is 2. The van der Waals surface area contributed by atoms with Gasteiger partial charge in [-0.15, -0.1) is 0 Å². The van der Waals surface area contributed by atoms with E-state index in [1.165, 1.54) is 6.07 Å². The Morgan fingerprint density at radius 2 is 1.88 bits per heavy atom. The van der Waals surface area contributed by atoms with Crippen LogP contribution >= 0.6 is 7.82 Å². The average Bonchev–Trinajstić information content (AvgIpc) is 2.74. The second-order valence-corrected chi connectivity index (χ2v) is 9.19. The van der Waals surface area contributed by atoms with Crippen molar-refractivity contribution in [2.24, 2.45) is 5.73 Å². The van der Waals surface area contributed by atoms with Crippen molar-refractivity contribution in [1.82, 2.24) is 0 Å². The molecular formula is C21H28F4NO6P. The molecule has 33 heavy (non-hydrogen) atoms. The van der Waals surface area contributed by atoms with Crippen molar-refractivity contribution in [2.45, 2.75) is 49.9 Å². The number of hydrogen-bond acceptors (Lipinski definition) is 5. The normalized spacial score (nSPS) is 19.1. The minimum Gasteiger partial charge on any atom is -0.394 e. The summed E-state index contributed by atoms with van der Waals surface area (Å²) in [6, 6.07) is 6.17. The fourth-order valence-corrected chi connectivity index (χ4v) is 3.75. The van der Waals surface area contributed by atoms with Crippen molar-refractivity contribution in [3.05, 3.63) is 58.9 Å². The smallest absolute Gasteiger partial charge is 0.394 e. The molecule has 0 heterocycles. The Balaban J connectivity index is 1.94. The zero-order chi connectivity index (χ0) is 24.7. The van der Waals surface area contributed by atoms with Crippen LogP contribution < -0.4 is 5.73 Å². The standard InChI is InChI=1S/C21H28F4NO6P/c22-18-6-2-1-4-16(18)5-3-11-31-19-8-7-15(12-17(19)21(23,24)25)9-10-20(26,13-27)14-32-33(28,29)30/h1-2,4,6-7,12,19,27H,3,5,8-11,13-14,26H2,(H2,28,29,30). The summed E-state index contributed by atoms with van der Waals surface area (Å²) in [6.07, 6.45) is -2.68. The fraction of sp³-hybridized carbons (Fsp3) is 0.524. The number of halogens is 4. The highest BCUT2D eigenvalue weighted by atomic mass is 31.2. The Morgan fingerprint density at radius 3 is 2.48 bits per heavy atom. The largest absolute Gasteiger partial charge is 0.469 e. The number of benzene rings is 1. The molecule has 1 aliphatic carbocycles. The van der Waals surface area contributed by atoms with E-state index in [1.807, 2.05) is 0 Å². The molecule has 0 aromatic heterocycles. The van der Waals surface area contributed by atoms with Gasteiger partial charge in [-0.3, -0.25) is 4.52 Å². The molecule has 2 unspecified atom stereocenters. The molecule has 0 radical (unpaired) electrons. The van der Waals surface area contributed by atoms with Crippen molar-refractivity contribution in [3.63, 3.8) is 0 Å². The van der Waals surface area contributed by atoms with Gasteiger partial charge in [0.1, 0.15) is 5.82 Å². The van der Waals surface area contributed by atoms with E-state index in [-0.39, 0.29) is 31.7 Å². The Hall–Kier alpha value is -1.59. The Bertz CT molecular complexity index is 901. The average molecular weight is 497 g/mol. The Labute approximate surface area is 189 Å². The van der Waals surface area contributed by atoms with Gasteiger partial charge in [0, 0.05) is 6.61 Å². The Kier molecular flexibility index (Phi) is 9.81. The zero-order valence-corrected chi connectivity index (χ0v) is 18.7. The summed E-state index contributed by atoms with van der Waals surface area (Å²) in [5.74, 6) is -0.372. The minimum absolute atomic E-state index is 0.0196. The fourth-order valence-electron chi connectivity index (χ4n) is 3.33. The van der Waals surface area contributed by atoms with Crippen molar-refractivity contribution in [1.29, 1.82) is 0 Å². The van der Waals surface area contributed by atoms with E-state index >= 15 is 0 Å². The topological polar surface area (TPSA) is 122 Å². The molecule has 0 fully saturated rings. The van der Waals surface area contributed by atoms with Crippen LogP contribution in [0.3, 0.4) is 0 Å².